The molecule has 0 spiro atoms. The van der Waals surface area contributed by atoms with E-state index in [1.807, 2.05) is 0 Å². The van der Waals surface area contributed by atoms with Crippen LogP contribution in [0.3, 0.4) is 0 Å². The van der Waals surface area contributed by atoms with Crippen LogP contribution in [0.25, 0.3) is 0 Å². The Morgan fingerprint density at radius 3 is 2.19 bits per heavy atom. The van der Waals surface area contributed by atoms with Crippen LogP contribution in [0.4, 0.5) is 0 Å². The van der Waals surface area contributed by atoms with Crippen LogP contribution in [0.15, 0.2) is 0 Å². The molecule has 0 fully saturated rings. The number of nitrogens with two attached hydrogens (primary N) is 1. The Morgan fingerprint density at radius 2 is 1.75 bits per heavy atom. The molecule has 0 aromatic heterocycles. The lowest BCUT2D eigenvalue weighted by atomic mass is 9.93. The third-order valence-corrected chi connectivity index (χ3v) is 1.95. The maximum absolute atomic E-state index is 11.1. The van der Waals surface area contributed by atoms with Gasteiger partial charge in [-0.3, -0.25) is 9.59 Å². The van der Waals surface area contributed by atoms with Gasteiger partial charge in [0, 0.05) is 6.42 Å². The topological polar surface area (TPSA) is 69.4 Å². The summed E-state index contributed by atoms with van der Waals surface area (Å²) in [5, 5.41) is 0. The molecule has 0 radical (unpaired) electrons. The van der Waals surface area contributed by atoms with Crippen molar-refractivity contribution in [2.45, 2.75) is 40.0 Å². The average molecular weight is 252 g/mol. The summed E-state index contributed by atoms with van der Waals surface area (Å²) < 4.78 is 4.98. The number of halogens is 1. The number of hydrogen-bond donors (Lipinski definition) is 1. The van der Waals surface area contributed by atoms with E-state index in [2.05, 4.69) is 20.8 Å². The molecule has 0 bridgehead atoms. The van der Waals surface area contributed by atoms with Crippen molar-refractivity contribution in [1.82, 2.24) is 0 Å². The number of carbonyl (C=O) groups excluding carboxylic acids is 2. The van der Waals surface area contributed by atoms with Crippen molar-refractivity contribution < 1.29 is 14.3 Å². The summed E-state index contributed by atoms with van der Waals surface area (Å²) in [6.45, 7) is 6.66. The van der Waals surface area contributed by atoms with Crippen LogP contribution in [-0.4, -0.2) is 24.9 Å². The Kier molecular flexibility index (Phi) is 9.48. The maximum Gasteiger partial charge on any atom is 0.306 e. The van der Waals surface area contributed by atoms with Crippen molar-refractivity contribution in [3.8, 4) is 0 Å². The largest absolute Gasteiger partial charge is 0.466 e. The van der Waals surface area contributed by atoms with Gasteiger partial charge in [-0.1, -0.05) is 20.8 Å². The molecule has 0 aliphatic rings. The molecule has 0 rings (SSSR count). The average Bonchev–Trinajstić information content (AvgIpc) is 2.12. The predicted molar refractivity (Wildman–Crippen MR) is 65.6 cm³/mol. The van der Waals surface area contributed by atoms with Crippen molar-refractivity contribution in [2.75, 3.05) is 13.2 Å². The first-order chi connectivity index (χ1) is 6.85. The van der Waals surface area contributed by atoms with Crippen molar-refractivity contribution in [3.05, 3.63) is 0 Å². The minimum atomic E-state index is -0.318. The summed E-state index contributed by atoms with van der Waals surface area (Å²) in [5.74, 6) is -0.427. The van der Waals surface area contributed by atoms with Crippen LogP contribution < -0.4 is 5.73 Å². The van der Waals surface area contributed by atoms with Gasteiger partial charge in [0.2, 0.25) is 0 Å². The second kappa shape index (κ2) is 8.53. The van der Waals surface area contributed by atoms with E-state index in [9.17, 15) is 9.59 Å². The van der Waals surface area contributed by atoms with Gasteiger partial charge in [-0.05, 0) is 11.8 Å². The molecule has 0 unspecified atom stereocenters. The van der Waals surface area contributed by atoms with E-state index in [-0.39, 0.29) is 49.0 Å². The zero-order chi connectivity index (χ0) is 11.9. The molecule has 0 saturated carbocycles. The fourth-order valence-electron chi connectivity index (χ4n) is 0.887. The number of carbonyl (C=O) groups is 2. The van der Waals surface area contributed by atoms with Crippen molar-refractivity contribution in [2.24, 2.45) is 11.1 Å². The SMILES string of the molecule is CC(C)(C)CCOC(=O)CCC(=O)CN.Cl. The molecular weight excluding hydrogens is 230 g/mol. The number of rotatable bonds is 6. The van der Waals surface area contributed by atoms with E-state index in [1.165, 1.54) is 0 Å². The van der Waals surface area contributed by atoms with Crippen molar-refractivity contribution in [1.29, 1.82) is 0 Å². The minimum absolute atomic E-state index is 0. The molecule has 2 N–H and O–H groups in total. The molecule has 96 valence electrons. The second-order valence-electron chi connectivity index (χ2n) is 4.77. The quantitative estimate of drug-likeness (QED) is 0.730. The normalized spacial score (nSPS) is 10.5. The maximum atomic E-state index is 11.1. The third kappa shape index (κ3) is 11.5. The number of ether oxygens (including phenoxy) is 1. The van der Waals surface area contributed by atoms with Crippen LogP contribution >= 0.6 is 12.4 Å². The molecule has 0 atom stereocenters. The van der Waals surface area contributed by atoms with Gasteiger partial charge in [-0.25, -0.2) is 0 Å². The fourth-order valence-corrected chi connectivity index (χ4v) is 0.887. The van der Waals surface area contributed by atoms with Gasteiger partial charge in [0.1, 0.15) is 5.78 Å². The zero-order valence-electron chi connectivity index (χ0n) is 10.2. The van der Waals surface area contributed by atoms with E-state index in [1.54, 1.807) is 0 Å². The van der Waals surface area contributed by atoms with Gasteiger partial charge in [0.25, 0.3) is 0 Å². The van der Waals surface area contributed by atoms with Crippen LogP contribution in [-0.2, 0) is 14.3 Å². The molecule has 0 aromatic carbocycles. The molecule has 0 saturated heterocycles. The van der Waals surface area contributed by atoms with Gasteiger partial charge in [0.15, 0.2) is 0 Å². The fraction of sp³-hybridized carbons (Fsp3) is 0.818. The van der Waals surface area contributed by atoms with Crippen LogP contribution in [0, 0.1) is 5.41 Å². The van der Waals surface area contributed by atoms with Crippen LogP contribution in [0.1, 0.15) is 40.0 Å². The lowest BCUT2D eigenvalue weighted by molar-refractivity contribution is -0.145. The van der Waals surface area contributed by atoms with Crippen molar-refractivity contribution >= 4 is 24.2 Å². The van der Waals surface area contributed by atoms with Crippen molar-refractivity contribution in [3.63, 3.8) is 0 Å². The summed E-state index contributed by atoms with van der Waals surface area (Å²) in [6, 6.07) is 0. The van der Waals surface area contributed by atoms with E-state index in [0.717, 1.165) is 6.42 Å². The molecule has 0 aliphatic carbocycles. The monoisotopic (exact) mass is 251 g/mol. The number of esters is 1. The summed E-state index contributed by atoms with van der Waals surface area (Å²) in [6.07, 6.45) is 1.15. The van der Waals surface area contributed by atoms with Crippen LogP contribution in [0.2, 0.25) is 0 Å². The lowest BCUT2D eigenvalue weighted by Gasteiger charge is -2.17. The van der Waals surface area contributed by atoms with Crippen LogP contribution in [0.5, 0.6) is 0 Å². The molecule has 16 heavy (non-hydrogen) atoms. The molecular formula is C11H22ClNO3. The zero-order valence-corrected chi connectivity index (χ0v) is 11.1. The highest BCUT2D eigenvalue weighted by Crippen LogP contribution is 2.17. The summed E-state index contributed by atoms with van der Waals surface area (Å²) in [7, 11) is 0. The smallest absolute Gasteiger partial charge is 0.306 e. The summed E-state index contributed by atoms with van der Waals surface area (Å²) in [4.78, 5) is 22.0. The van der Waals surface area contributed by atoms with E-state index in [0.29, 0.717) is 6.61 Å². The van der Waals surface area contributed by atoms with Gasteiger partial charge in [0.05, 0.1) is 19.6 Å². The number of Topliss-reactive ketones (excluding diaryl/α,β-unsaturated/α-hetero) is 1. The standard InChI is InChI=1S/C11H21NO3.ClH/c1-11(2,3)6-7-15-10(14)5-4-9(13)8-12;/h4-8,12H2,1-3H3;1H. The van der Waals surface area contributed by atoms with E-state index < -0.39 is 0 Å². The molecule has 0 heterocycles. The highest BCUT2D eigenvalue weighted by Gasteiger charge is 2.12. The predicted octanol–water partition coefficient (Wildman–Crippen LogP) is 1.70. The Balaban J connectivity index is 0. The third-order valence-electron chi connectivity index (χ3n) is 1.95. The summed E-state index contributed by atoms with van der Waals surface area (Å²) >= 11 is 0. The highest BCUT2D eigenvalue weighted by atomic mass is 35.5. The van der Waals surface area contributed by atoms with E-state index in [4.69, 9.17) is 10.5 Å². The summed E-state index contributed by atoms with van der Waals surface area (Å²) in [5.41, 5.74) is 5.27. The first kappa shape index (κ1) is 17.8. The van der Waals surface area contributed by atoms with Gasteiger partial charge < -0.3 is 10.5 Å². The molecule has 5 heteroatoms. The molecule has 0 aliphatic heterocycles. The second-order valence-corrected chi connectivity index (χ2v) is 4.77. The first-order valence-electron chi connectivity index (χ1n) is 5.22. The van der Waals surface area contributed by atoms with Gasteiger partial charge >= 0.3 is 5.97 Å². The number of hydrogen-bond acceptors (Lipinski definition) is 4. The van der Waals surface area contributed by atoms with E-state index >= 15 is 0 Å². The lowest BCUT2D eigenvalue weighted by Crippen LogP contribution is -2.17. The Morgan fingerprint density at radius 1 is 1.19 bits per heavy atom. The Bertz CT molecular complexity index is 224. The molecule has 4 nitrogen and oxygen atoms in total. The van der Waals surface area contributed by atoms with Gasteiger partial charge in [-0.2, -0.15) is 0 Å². The molecule has 0 amide bonds. The van der Waals surface area contributed by atoms with Gasteiger partial charge in [-0.15, -0.1) is 12.4 Å². The number of ketones is 1. The first-order valence-corrected chi connectivity index (χ1v) is 5.22. The Labute approximate surface area is 103 Å². The Hall–Kier alpha value is -0.610. The molecule has 0 aromatic rings. The highest BCUT2D eigenvalue weighted by molar-refractivity contribution is 5.85. The minimum Gasteiger partial charge on any atom is -0.466 e.